The molecule has 5 heteroatoms. The zero-order chi connectivity index (χ0) is 14.3. The Morgan fingerprint density at radius 3 is 2.70 bits per heavy atom. The SMILES string of the molecule is Cc1ccc(C)c(Cn2ccc3nc(Cl)nc(Cl)c32)c1. The van der Waals surface area contributed by atoms with Crippen molar-refractivity contribution in [3.8, 4) is 0 Å². The van der Waals surface area contributed by atoms with Crippen LogP contribution in [0.25, 0.3) is 11.0 Å². The summed E-state index contributed by atoms with van der Waals surface area (Å²) in [5, 5.41) is 0.558. The van der Waals surface area contributed by atoms with Crippen LogP contribution in [0.3, 0.4) is 0 Å². The van der Waals surface area contributed by atoms with E-state index in [9.17, 15) is 0 Å². The van der Waals surface area contributed by atoms with Crippen molar-refractivity contribution in [3.63, 3.8) is 0 Å². The average molecular weight is 306 g/mol. The first kappa shape index (κ1) is 13.4. The molecule has 0 aliphatic rings. The second kappa shape index (κ2) is 5.08. The van der Waals surface area contributed by atoms with Gasteiger partial charge in [-0.2, -0.15) is 0 Å². The summed E-state index contributed by atoms with van der Waals surface area (Å²) in [6, 6.07) is 8.33. The van der Waals surface area contributed by atoms with Crippen molar-refractivity contribution in [2.24, 2.45) is 0 Å². The number of nitrogens with zero attached hydrogens (tertiary/aromatic N) is 3. The molecule has 0 unspecified atom stereocenters. The quantitative estimate of drug-likeness (QED) is 0.519. The van der Waals surface area contributed by atoms with E-state index in [1.807, 2.05) is 12.3 Å². The van der Waals surface area contributed by atoms with Crippen LogP contribution in [0.2, 0.25) is 10.4 Å². The van der Waals surface area contributed by atoms with Crippen LogP contribution in [0.15, 0.2) is 30.5 Å². The average Bonchev–Trinajstić information content (AvgIpc) is 2.77. The third kappa shape index (κ3) is 2.39. The molecule has 0 radical (unpaired) electrons. The molecule has 3 rings (SSSR count). The topological polar surface area (TPSA) is 30.7 Å². The van der Waals surface area contributed by atoms with E-state index in [2.05, 4.69) is 46.6 Å². The molecule has 0 bridgehead atoms. The predicted octanol–water partition coefficient (Wildman–Crippen LogP) is 4.40. The molecule has 0 fully saturated rings. The maximum absolute atomic E-state index is 6.19. The van der Waals surface area contributed by atoms with E-state index in [-0.39, 0.29) is 5.28 Å². The highest BCUT2D eigenvalue weighted by Crippen LogP contribution is 2.24. The number of aromatic nitrogens is 3. The maximum atomic E-state index is 6.19. The zero-order valence-corrected chi connectivity index (χ0v) is 12.7. The number of fused-ring (bicyclic) bond motifs is 1. The molecule has 0 atom stereocenters. The molecule has 0 aliphatic heterocycles. The van der Waals surface area contributed by atoms with E-state index in [0.29, 0.717) is 5.15 Å². The van der Waals surface area contributed by atoms with Gasteiger partial charge >= 0.3 is 0 Å². The molecule has 0 aliphatic carbocycles. The van der Waals surface area contributed by atoms with Gasteiger partial charge in [-0.1, -0.05) is 35.4 Å². The van der Waals surface area contributed by atoms with Crippen LogP contribution in [0, 0.1) is 13.8 Å². The van der Waals surface area contributed by atoms with Gasteiger partial charge in [0, 0.05) is 12.7 Å². The highest BCUT2D eigenvalue weighted by molar-refractivity contribution is 6.35. The molecule has 0 N–H and O–H groups in total. The standard InChI is InChI=1S/C15H13Cl2N3/c1-9-3-4-10(2)11(7-9)8-20-6-5-12-13(20)14(16)19-15(17)18-12/h3-7H,8H2,1-2H3. The second-order valence-electron chi connectivity index (χ2n) is 4.89. The van der Waals surface area contributed by atoms with Crippen LogP contribution in [0.4, 0.5) is 0 Å². The Balaban J connectivity index is 2.09. The number of hydrogen-bond donors (Lipinski definition) is 0. The largest absolute Gasteiger partial charge is 0.339 e. The van der Waals surface area contributed by atoms with Crippen LogP contribution in [0.1, 0.15) is 16.7 Å². The molecule has 0 amide bonds. The molecular formula is C15H13Cl2N3. The van der Waals surface area contributed by atoms with Crippen LogP contribution in [0.5, 0.6) is 0 Å². The number of aryl methyl sites for hydroxylation is 2. The summed E-state index contributed by atoms with van der Waals surface area (Å²) in [5.74, 6) is 0. The normalized spacial score (nSPS) is 11.2. The first-order valence-corrected chi connectivity index (χ1v) is 7.04. The van der Waals surface area contributed by atoms with E-state index in [1.165, 1.54) is 16.7 Å². The van der Waals surface area contributed by atoms with Gasteiger partial charge in [0.25, 0.3) is 0 Å². The van der Waals surface area contributed by atoms with E-state index in [0.717, 1.165) is 17.6 Å². The summed E-state index contributed by atoms with van der Waals surface area (Å²) in [4.78, 5) is 8.20. The van der Waals surface area contributed by atoms with Gasteiger partial charge in [0.1, 0.15) is 5.52 Å². The summed E-state index contributed by atoms with van der Waals surface area (Å²) >= 11 is 12.0. The van der Waals surface area contributed by atoms with E-state index in [4.69, 9.17) is 23.2 Å². The highest BCUT2D eigenvalue weighted by atomic mass is 35.5. The molecule has 2 aromatic heterocycles. The van der Waals surface area contributed by atoms with Crippen molar-refractivity contribution in [1.82, 2.24) is 14.5 Å². The first-order chi connectivity index (χ1) is 9.54. The van der Waals surface area contributed by atoms with Crippen molar-refractivity contribution in [3.05, 3.63) is 57.6 Å². The Labute approximate surface area is 127 Å². The molecule has 0 saturated carbocycles. The van der Waals surface area contributed by atoms with Crippen LogP contribution in [-0.4, -0.2) is 14.5 Å². The van der Waals surface area contributed by atoms with Gasteiger partial charge in [-0.3, -0.25) is 0 Å². The van der Waals surface area contributed by atoms with Crippen molar-refractivity contribution in [2.75, 3.05) is 0 Å². The minimum absolute atomic E-state index is 0.173. The number of rotatable bonds is 2. The van der Waals surface area contributed by atoms with Crippen molar-refractivity contribution >= 4 is 34.2 Å². The Morgan fingerprint density at radius 1 is 1.10 bits per heavy atom. The Kier molecular flexibility index (Phi) is 3.40. The minimum atomic E-state index is 0.173. The molecule has 102 valence electrons. The summed E-state index contributed by atoms with van der Waals surface area (Å²) in [6.07, 6.45) is 1.96. The summed E-state index contributed by atoms with van der Waals surface area (Å²) in [7, 11) is 0. The lowest BCUT2D eigenvalue weighted by atomic mass is 10.1. The van der Waals surface area contributed by atoms with Gasteiger partial charge in [0.05, 0.1) is 5.52 Å². The Hall–Kier alpha value is -1.58. The lowest BCUT2D eigenvalue weighted by Crippen LogP contribution is -2.01. The first-order valence-electron chi connectivity index (χ1n) is 6.28. The summed E-state index contributed by atoms with van der Waals surface area (Å²) in [5.41, 5.74) is 5.33. The molecule has 0 spiro atoms. The lowest BCUT2D eigenvalue weighted by molar-refractivity contribution is 0.827. The van der Waals surface area contributed by atoms with Gasteiger partial charge in [-0.15, -0.1) is 0 Å². The van der Waals surface area contributed by atoms with E-state index in [1.54, 1.807) is 0 Å². The van der Waals surface area contributed by atoms with Gasteiger partial charge in [0.2, 0.25) is 5.28 Å². The molecule has 3 nitrogen and oxygen atoms in total. The van der Waals surface area contributed by atoms with Gasteiger partial charge in [-0.25, -0.2) is 9.97 Å². The molecule has 3 aromatic rings. The fourth-order valence-corrected chi connectivity index (χ4v) is 2.82. The molecule has 20 heavy (non-hydrogen) atoms. The van der Waals surface area contributed by atoms with Crippen LogP contribution >= 0.6 is 23.2 Å². The monoisotopic (exact) mass is 305 g/mol. The van der Waals surface area contributed by atoms with Crippen LogP contribution in [-0.2, 0) is 6.54 Å². The number of hydrogen-bond acceptors (Lipinski definition) is 2. The highest BCUT2D eigenvalue weighted by Gasteiger charge is 2.11. The summed E-state index contributed by atoms with van der Waals surface area (Å²) in [6.45, 7) is 4.93. The smallest absolute Gasteiger partial charge is 0.224 e. The van der Waals surface area contributed by atoms with E-state index >= 15 is 0 Å². The Bertz CT molecular complexity index is 793. The van der Waals surface area contributed by atoms with Gasteiger partial charge in [0.15, 0.2) is 5.15 Å². The number of halogens is 2. The van der Waals surface area contributed by atoms with Gasteiger partial charge in [-0.05, 0) is 42.6 Å². The molecule has 2 heterocycles. The molecular weight excluding hydrogens is 293 g/mol. The van der Waals surface area contributed by atoms with Crippen molar-refractivity contribution < 1.29 is 0 Å². The minimum Gasteiger partial charge on any atom is -0.339 e. The molecule has 1 aromatic carbocycles. The van der Waals surface area contributed by atoms with Crippen molar-refractivity contribution in [2.45, 2.75) is 20.4 Å². The summed E-state index contributed by atoms with van der Waals surface area (Å²) < 4.78 is 2.05. The fraction of sp³-hybridized carbons (Fsp3) is 0.200. The van der Waals surface area contributed by atoms with E-state index < -0.39 is 0 Å². The van der Waals surface area contributed by atoms with Crippen LogP contribution < -0.4 is 0 Å². The second-order valence-corrected chi connectivity index (χ2v) is 5.59. The third-order valence-electron chi connectivity index (χ3n) is 3.39. The Morgan fingerprint density at radius 2 is 1.90 bits per heavy atom. The molecule has 0 saturated heterocycles. The lowest BCUT2D eigenvalue weighted by Gasteiger charge is -2.10. The predicted molar refractivity (Wildman–Crippen MR) is 82.6 cm³/mol. The zero-order valence-electron chi connectivity index (χ0n) is 11.2. The van der Waals surface area contributed by atoms with Crippen molar-refractivity contribution in [1.29, 1.82) is 0 Å². The third-order valence-corrected chi connectivity index (χ3v) is 3.82. The maximum Gasteiger partial charge on any atom is 0.224 e. The number of benzene rings is 1. The fourth-order valence-electron chi connectivity index (χ4n) is 2.32. The van der Waals surface area contributed by atoms with Gasteiger partial charge < -0.3 is 4.57 Å².